The molecule has 3 saturated heterocycles. The van der Waals surface area contributed by atoms with Crippen LogP contribution in [0.3, 0.4) is 0 Å². The maximum Gasteiger partial charge on any atom is 0.243 e. The van der Waals surface area contributed by atoms with Crippen molar-refractivity contribution in [3.05, 3.63) is 29.8 Å². The summed E-state index contributed by atoms with van der Waals surface area (Å²) in [7, 11) is -3.51. The highest BCUT2D eigenvalue weighted by Gasteiger charge is 2.64. The molecule has 0 radical (unpaired) electrons. The van der Waals surface area contributed by atoms with Crippen molar-refractivity contribution in [2.75, 3.05) is 19.7 Å². The summed E-state index contributed by atoms with van der Waals surface area (Å²) in [6.07, 6.45) is 1.94. The van der Waals surface area contributed by atoms with Gasteiger partial charge in [0.15, 0.2) is 0 Å². The highest BCUT2D eigenvalue weighted by Crippen LogP contribution is 2.55. The monoisotopic (exact) mass is 351 g/mol. The van der Waals surface area contributed by atoms with Gasteiger partial charge in [0.1, 0.15) is 0 Å². The van der Waals surface area contributed by atoms with Gasteiger partial charge in [-0.25, -0.2) is 8.42 Å². The Balaban J connectivity index is 1.60. The van der Waals surface area contributed by atoms with Crippen LogP contribution < -0.4 is 0 Å². The van der Waals surface area contributed by atoms with Crippen molar-refractivity contribution in [1.82, 2.24) is 4.31 Å². The standard InChI is InChI=1S/C18H25NO4S/c1-12(2)13-3-5-14(6-4-13)24(21,22)19-9-16-15(10-20)17-7-8-18(16,11-19)23-17/h3-6,12,15-17,20H,7-11H2,1-2H3/t15-,16+,17+,18+/m0/s1. The van der Waals surface area contributed by atoms with E-state index in [-0.39, 0.29) is 30.1 Å². The van der Waals surface area contributed by atoms with E-state index in [1.807, 2.05) is 12.1 Å². The Labute approximate surface area is 143 Å². The lowest BCUT2D eigenvalue weighted by molar-refractivity contribution is 0.00644. The number of aliphatic hydroxyl groups is 1. The van der Waals surface area contributed by atoms with E-state index in [9.17, 15) is 13.5 Å². The first-order valence-electron chi connectivity index (χ1n) is 8.76. The van der Waals surface area contributed by atoms with E-state index in [0.717, 1.165) is 18.4 Å². The number of aliphatic hydroxyl groups excluding tert-OH is 1. The fraction of sp³-hybridized carbons (Fsp3) is 0.667. The number of nitrogens with zero attached hydrogens (tertiary/aromatic N) is 1. The molecule has 0 saturated carbocycles. The molecule has 24 heavy (non-hydrogen) atoms. The van der Waals surface area contributed by atoms with E-state index in [2.05, 4.69) is 13.8 Å². The smallest absolute Gasteiger partial charge is 0.243 e. The topological polar surface area (TPSA) is 66.8 Å². The molecule has 1 aromatic carbocycles. The number of benzene rings is 1. The van der Waals surface area contributed by atoms with Gasteiger partial charge in [-0.3, -0.25) is 0 Å². The Bertz CT molecular complexity index is 730. The first-order valence-corrected chi connectivity index (χ1v) is 10.2. The average molecular weight is 351 g/mol. The molecule has 3 aliphatic rings. The molecule has 132 valence electrons. The lowest BCUT2D eigenvalue weighted by Gasteiger charge is -2.27. The van der Waals surface area contributed by atoms with Gasteiger partial charge in [-0.1, -0.05) is 26.0 Å². The Morgan fingerprint density at radius 1 is 1.33 bits per heavy atom. The summed E-state index contributed by atoms with van der Waals surface area (Å²) >= 11 is 0. The molecule has 3 fully saturated rings. The number of sulfonamides is 1. The normalized spacial score (nSPS) is 35.8. The van der Waals surface area contributed by atoms with Crippen molar-refractivity contribution in [3.8, 4) is 0 Å². The summed E-state index contributed by atoms with van der Waals surface area (Å²) in [5.74, 6) is 0.564. The zero-order chi connectivity index (χ0) is 17.1. The first kappa shape index (κ1) is 16.5. The van der Waals surface area contributed by atoms with Crippen molar-refractivity contribution in [3.63, 3.8) is 0 Å². The van der Waals surface area contributed by atoms with Crippen LogP contribution in [0, 0.1) is 11.8 Å². The quantitative estimate of drug-likeness (QED) is 0.901. The molecular formula is C18H25NO4S. The molecule has 1 N–H and O–H groups in total. The fourth-order valence-electron chi connectivity index (χ4n) is 4.75. The molecular weight excluding hydrogens is 326 g/mol. The molecule has 0 aliphatic carbocycles. The number of ether oxygens (including phenoxy) is 1. The van der Waals surface area contributed by atoms with E-state index in [1.165, 1.54) is 0 Å². The van der Waals surface area contributed by atoms with E-state index in [4.69, 9.17) is 4.74 Å². The van der Waals surface area contributed by atoms with Gasteiger partial charge in [0.25, 0.3) is 0 Å². The molecule has 0 unspecified atom stereocenters. The van der Waals surface area contributed by atoms with Crippen molar-refractivity contribution in [2.24, 2.45) is 11.8 Å². The SMILES string of the molecule is CC(C)c1ccc(S(=O)(=O)N2C[C@@H]3[C@H](CO)[C@H]4CC[C@]3(C2)O4)cc1. The predicted octanol–water partition coefficient (Wildman–Crippen LogP) is 1.97. The Morgan fingerprint density at radius 3 is 2.67 bits per heavy atom. The third-order valence-corrected chi connectivity index (χ3v) is 7.97. The zero-order valence-electron chi connectivity index (χ0n) is 14.2. The van der Waals surface area contributed by atoms with Crippen LogP contribution in [0.15, 0.2) is 29.2 Å². The van der Waals surface area contributed by atoms with E-state index in [0.29, 0.717) is 23.9 Å². The third-order valence-electron chi connectivity index (χ3n) is 6.15. The zero-order valence-corrected chi connectivity index (χ0v) is 15.0. The first-order chi connectivity index (χ1) is 11.4. The van der Waals surface area contributed by atoms with Gasteiger partial charge in [-0.2, -0.15) is 4.31 Å². The summed E-state index contributed by atoms with van der Waals surface area (Å²) in [5, 5.41) is 9.67. The average Bonchev–Trinajstić information content (AvgIpc) is 3.22. The second-order valence-corrected chi connectivity index (χ2v) is 9.67. The second kappa shape index (κ2) is 5.53. The maximum atomic E-state index is 13.0. The molecule has 6 heteroatoms. The minimum atomic E-state index is -3.51. The largest absolute Gasteiger partial charge is 0.396 e. The van der Waals surface area contributed by atoms with Crippen LogP contribution in [0.4, 0.5) is 0 Å². The van der Waals surface area contributed by atoms with Crippen molar-refractivity contribution < 1.29 is 18.3 Å². The molecule has 4 atom stereocenters. The highest BCUT2D eigenvalue weighted by atomic mass is 32.2. The Kier molecular flexibility index (Phi) is 3.80. The molecule has 1 aromatic rings. The van der Waals surface area contributed by atoms with E-state index >= 15 is 0 Å². The predicted molar refractivity (Wildman–Crippen MR) is 90.2 cm³/mol. The van der Waals surface area contributed by atoms with Crippen LogP contribution in [0.2, 0.25) is 0 Å². The minimum Gasteiger partial charge on any atom is -0.396 e. The molecule has 0 amide bonds. The second-order valence-electron chi connectivity index (χ2n) is 7.73. The van der Waals surface area contributed by atoms with Crippen LogP contribution in [-0.2, 0) is 14.8 Å². The number of fused-ring (bicyclic) bond motifs is 1. The summed E-state index contributed by atoms with van der Waals surface area (Å²) < 4.78 is 33.7. The van der Waals surface area contributed by atoms with Crippen molar-refractivity contribution in [2.45, 2.75) is 49.2 Å². The van der Waals surface area contributed by atoms with Crippen LogP contribution >= 0.6 is 0 Å². The number of hydrogen-bond acceptors (Lipinski definition) is 4. The van der Waals surface area contributed by atoms with Gasteiger partial charge in [-0.15, -0.1) is 0 Å². The summed E-state index contributed by atoms with van der Waals surface area (Å²) in [4.78, 5) is 0.346. The number of rotatable bonds is 4. The van der Waals surface area contributed by atoms with Crippen LogP contribution in [0.5, 0.6) is 0 Å². The Hall–Kier alpha value is -0.950. The van der Waals surface area contributed by atoms with Crippen LogP contribution in [-0.4, -0.2) is 49.2 Å². The maximum absolute atomic E-state index is 13.0. The summed E-state index contributed by atoms with van der Waals surface area (Å²) in [6.45, 7) is 5.13. The van der Waals surface area contributed by atoms with Crippen LogP contribution in [0.25, 0.3) is 0 Å². The number of hydrogen-bond donors (Lipinski definition) is 1. The molecule has 4 rings (SSSR count). The lowest BCUT2D eigenvalue weighted by atomic mass is 9.74. The van der Waals surface area contributed by atoms with Gasteiger partial charge < -0.3 is 9.84 Å². The van der Waals surface area contributed by atoms with Gasteiger partial charge >= 0.3 is 0 Å². The molecule has 3 heterocycles. The van der Waals surface area contributed by atoms with E-state index < -0.39 is 10.0 Å². The van der Waals surface area contributed by atoms with Gasteiger partial charge in [-0.05, 0) is 36.5 Å². The summed E-state index contributed by atoms with van der Waals surface area (Å²) in [5.41, 5.74) is 0.761. The van der Waals surface area contributed by atoms with Crippen LogP contribution in [0.1, 0.15) is 38.2 Å². The molecule has 3 aliphatic heterocycles. The van der Waals surface area contributed by atoms with Gasteiger partial charge in [0.05, 0.1) is 16.6 Å². The molecule has 2 bridgehead atoms. The Morgan fingerprint density at radius 2 is 2.04 bits per heavy atom. The fourth-order valence-corrected chi connectivity index (χ4v) is 6.27. The van der Waals surface area contributed by atoms with Gasteiger partial charge in [0, 0.05) is 31.5 Å². The van der Waals surface area contributed by atoms with Crippen molar-refractivity contribution in [1.29, 1.82) is 0 Å². The summed E-state index contributed by atoms with van der Waals surface area (Å²) in [6, 6.07) is 7.20. The molecule has 0 aromatic heterocycles. The molecule has 1 spiro atoms. The lowest BCUT2D eigenvalue weighted by Crippen LogP contribution is -2.38. The third kappa shape index (κ3) is 2.27. The molecule has 5 nitrogen and oxygen atoms in total. The highest BCUT2D eigenvalue weighted by molar-refractivity contribution is 7.89. The van der Waals surface area contributed by atoms with Crippen molar-refractivity contribution >= 4 is 10.0 Å². The van der Waals surface area contributed by atoms with E-state index in [1.54, 1.807) is 16.4 Å². The minimum absolute atomic E-state index is 0.0715. The van der Waals surface area contributed by atoms with Gasteiger partial charge in [0.2, 0.25) is 10.0 Å².